The van der Waals surface area contributed by atoms with Gasteiger partial charge in [0.1, 0.15) is 5.75 Å². The van der Waals surface area contributed by atoms with Gasteiger partial charge in [0.05, 0.1) is 9.92 Å². The SMILES string of the molecule is O=C(COc1ccc(S(=O)(=O)Nc2ccc(Cl)cc2)cc1Cl)N(Cc1ccccc1)Cc1ccccc1. The normalized spacial score (nSPS) is 11.1. The van der Waals surface area contributed by atoms with Crippen LogP contribution in [0.3, 0.4) is 0 Å². The quantitative estimate of drug-likeness (QED) is 0.246. The van der Waals surface area contributed by atoms with Crippen molar-refractivity contribution in [3.63, 3.8) is 0 Å². The van der Waals surface area contributed by atoms with Crippen LogP contribution in [0.2, 0.25) is 10.0 Å². The highest BCUT2D eigenvalue weighted by molar-refractivity contribution is 7.92. The van der Waals surface area contributed by atoms with Crippen molar-refractivity contribution in [3.05, 3.63) is 124 Å². The predicted octanol–water partition coefficient (Wildman–Crippen LogP) is 6.40. The summed E-state index contributed by atoms with van der Waals surface area (Å²) in [4.78, 5) is 14.8. The van der Waals surface area contributed by atoms with Crippen molar-refractivity contribution in [1.29, 1.82) is 0 Å². The van der Waals surface area contributed by atoms with Crippen LogP contribution in [-0.2, 0) is 27.9 Å². The molecule has 0 aliphatic carbocycles. The molecule has 0 aliphatic heterocycles. The van der Waals surface area contributed by atoms with Crippen molar-refractivity contribution in [1.82, 2.24) is 4.90 Å². The lowest BCUT2D eigenvalue weighted by atomic mass is 10.1. The molecular weight excluding hydrogens is 531 g/mol. The summed E-state index contributed by atoms with van der Waals surface area (Å²) in [5, 5.41) is 0.567. The summed E-state index contributed by atoms with van der Waals surface area (Å²) in [5.41, 5.74) is 2.35. The van der Waals surface area contributed by atoms with Gasteiger partial charge < -0.3 is 9.64 Å². The first-order chi connectivity index (χ1) is 17.8. The number of benzene rings is 4. The van der Waals surface area contributed by atoms with Gasteiger partial charge in [0.15, 0.2) is 6.61 Å². The van der Waals surface area contributed by atoms with Crippen LogP contribution in [-0.4, -0.2) is 25.8 Å². The topological polar surface area (TPSA) is 75.7 Å². The van der Waals surface area contributed by atoms with Gasteiger partial charge in [0, 0.05) is 23.8 Å². The van der Waals surface area contributed by atoms with Gasteiger partial charge in [-0.05, 0) is 53.6 Å². The summed E-state index contributed by atoms with van der Waals surface area (Å²) in [6.45, 7) is 0.576. The molecular formula is C28H24Cl2N2O4S. The third-order valence-electron chi connectivity index (χ3n) is 5.45. The molecule has 0 radical (unpaired) electrons. The average molecular weight is 555 g/mol. The molecule has 4 rings (SSSR count). The highest BCUT2D eigenvalue weighted by Gasteiger charge is 2.19. The molecule has 1 amide bonds. The molecule has 4 aromatic rings. The summed E-state index contributed by atoms with van der Waals surface area (Å²) in [6.07, 6.45) is 0. The van der Waals surface area contributed by atoms with E-state index in [4.69, 9.17) is 27.9 Å². The molecule has 37 heavy (non-hydrogen) atoms. The number of sulfonamides is 1. The Morgan fingerprint density at radius 3 is 1.89 bits per heavy atom. The second kappa shape index (κ2) is 12.1. The Labute approximate surface area is 226 Å². The van der Waals surface area contributed by atoms with Crippen LogP contribution < -0.4 is 9.46 Å². The van der Waals surface area contributed by atoms with Gasteiger partial charge in [-0.25, -0.2) is 8.42 Å². The van der Waals surface area contributed by atoms with Gasteiger partial charge in [-0.3, -0.25) is 9.52 Å². The number of nitrogens with zero attached hydrogens (tertiary/aromatic N) is 1. The molecule has 0 spiro atoms. The second-order valence-corrected chi connectivity index (χ2v) is 10.7. The minimum absolute atomic E-state index is 0.0408. The van der Waals surface area contributed by atoms with E-state index in [1.54, 1.807) is 29.2 Å². The van der Waals surface area contributed by atoms with Crippen LogP contribution in [0.1, 0.15) is 11.1 Å². The summed E-state index contributed by atoms with van der Waals surface area (Å²) in [7, 11) is -3.89. The minimum Gasteiger partial charge on any atom is -0.482 e. The molecule has 0 atom stereocenters. The second-order valence-electron chi connectivity index (χ2n) is 8.21. The molecule has 0 saturated carbocycles. The van der Waals surface area contributed by atoms with Crippen LogP contribution in [0.4, 0.5) is 5.69 Å². The number of rotatable bonds is 10. The summed E-state index contributed by atoms with van der Waals surface area (Å²) < 4.78 is 33.7. The number of carbonyl (C=O) groups is 1. The maximum atomic E-state index is 13.1. The molecule has 6 nitrogen and oxygen atoms in total. The van der Waals surface area contributed by atoms with E-state index >= 15 is 0 Å². The van der Waals surface area contributed by atoms with E-state index in [-0.39, 0.29) is 28.2 Å². The Kier molecular flexibility index (Phi) is 8.71. The first-order valence-electron chi connectivity index (χ1n) is 11.4. The minimum atomic E-state index is -3.89. The molecule has 9 heteroatoms. The number of nitrogens with one attached hydrogen (secondary N) is 1. The van der Waals surface area contributed by atoms with Crippen LogP contribution >= 0.6 is 23.2 Å². The first kappa shape index (κ1) is 26.5. The van der Waals surface area contributed by atoms with E-state index < -0.39 is 10.0 Å². The largest absolute Gasteiger partial charge is 0.482 e. The lowest BCUT2D eigenvalue weighted by Crippen LogP contribution is -2.34. The van der Waals surface area contributed by atoms with Gasteiger partial charge in [-0.15, -0.1) is 0 Å². The molecule has 4 aromatic carbocycles. The third-order valence-corrected chi connectivity index (χ3v) is 7.37. The maximum Gasteiger partial charge on any atom is 0.261 e. The molecule has 1 N–H and O–H groups in total. The number of hydrogen-bond acceptors (Lipinski definition) is 4. The predicted molar refractivity (Wildman–Crippen MR) is 146 cm³/mol. The average Bonchev–Trinajstić information content (AvgIpc) is 2.90. The lowest BCUT2D eigenvalue weighted by molar-refractivity contribution is -0.134. The van der Waals surface area contributed by atoms with E-state index in [2.05, 4.69) is 4.72 Å². The first-order valence-corrected chi connectivity index (χ1v) is 13.6. The fourth-order valence-corrected chi connectivity index (χ4v) is 5.08. The molecule has 190 valence electrons. The number of carbonyl (C=O) groups excluding carboxylic acids is 1. The van der Waals surface area contributed by atoms with E-state index in [0.717, 1.165) is 11.1 Å². The van der Waals surface area contributed by atoms with Crippen LogP contribution in [0.15, 0.2) is 108 Å². The van der Waals surface area contributed by atoms with E-state index in [0.29, 0.717) is 23.8 Å². The zero-order valence-corrected chi connectivity index (χ0v) is 22.0. The van der Waals surface area contributed by atoms with Gasteiger partial charge in [0.25, 0.3) is 15.9 Å². The van der Waals surface area contributed by atoms with Crippen molar-refractivity contribution in [2.75, 3.05) is 11.3 Å². The molecule has 0 aliphatic rings. The van der Waals surface area contributed by atoms with E-state index in [9.17, 15) is 13.2 Å². The third kappa shape index (κ3) is 7.49. The highest BCUT2D eigenvalue weighted by Crippen LogP contribution is 2.29. The number of anilines is 1. The zero-order chi connectivity index (χ0) is 26.3. The number of ether oxygens (including phenoxy) is 1. The van der Waals surface area contributed by atoms with Crippen LogP contribution in [0, 0.1) is 0 Å². The Morgan fingerprint density at radius 2 is 1.35 bits per heavy atom. The fraction of sp³-hybridized carbons (Fsp3) is 0.107. The number of amides is 1. The summed E-state index contributed by atoms with van der Waals surface area (Å²) in [6, 6.07) is 29.7. The molecule has 0 aromatic heterocycles. The highest BCUT2D eigenvalue weighted by atomic mass is 35.5. The van der Waals surface area contributed by atoms with Gasteiger partial charge in [-0.2, -0.15) is 0 Å². The maximum absolute atomic E-state index is 13.1. The van der Waals surface area contributed by atoms with Gasteiger partial charge in [0.2, 0.25) is 0 Å². The molecule has 0 fully saturated rings. The van der Waals surface area contributed by atoms with Gasteiger partial charge >= 0.3 is 0 Å². The van der Waals surface area contributed by atoms with Crippen molar-refractivity contribution < 1.29 is 17.9 Å². The summed E-state index contributed by atoms with van der Waals surface area (Å²) in [5.74, 6) is -0.0234. The standard InChI is InChI=1S/C28H24Cl2N2O4S/c29-23-11-13-24(14-12-23)31-37(34,35)25-15-16-27(26(30)17-25)36-20-28(33)32(18-21-7-3-1-4-8-21)19-22-9-5-2-6-10-22/h1-17,31H,18-20H2. The number of hydrogen-bond donors (Lipinski definition) is 1. The Bertz CT molecular complexity index is 1410. The molecule has 0 saturated heterocycles. The Morgan fingerprint density at radius 1 is 0.784 bits per heavy atom. The van der Waals surface area contributed by atoms with Crippen molar-refractivity contribution in [2.24, 2.45) is 0 Å². The van der Waals surface area contributed by atoms with Crippen molar-refractivity contribution in [3.8, 4) is 5.75 Å². The smallest absolute Gasteiger partial charge is 0.261 e. The molecule has 0 unspecified atom stereocenters. The van der Waals surface area contributed by atoms with Crippen molar-refractivity contribution in [2.45, 2.75) is 18.0 Å². The lowest BCUT2D eigenvalue weighted by Gasteiger charge is -2.23. The summed E-state index contributed by atoms with van der Waals surface area (Å²) >= 11 is 12.2. The zero-order valence-electron chi connectivity index (χ0n) is 19.7. The number of halogens is 2. The molecule has 0 bridgehead atoms. The fourth-order valence-electron chi connectivity index (χ4n) is 3.57. The van der Waals surface area contributed by atoms with Crippen LogP contribution in [0.5, 0.6) is 5.75 Å². The van der Waals surface area contributed by atoms with E-state index in [1.165, 1.54) is 18.2 Å². The van der Waals surface area contributed by atoms with E-state index in [1.807, 2.05) is 60.7 Å². The Balaban J connectivity index is 1.44. The monoisotopic (exact) mass is 554 g/mol. The molecule has 0 heterocycles. The van der Waals surface area contributed by atoms with Crippen LogP contribution in [0.25, 0.3) is 0 Å². The Hall–Kier alpha value is -3.52. The van der Waals surface area contributed by atoms with Crippen molar-refractivity contribution >= 4 is 44.8 Å². The van der Waals surface area contributed by atoms with Gasteiger partial charge in [-0.1, -0.05) is 83.9 Å².